The van der Waals surface area contributed by atoms with E-state index in [4.69, 9.17) is 0 Å². The van der Waals surface area contributed by atoms with Gasteiger partial charge in [-0.3, -0.25) is 4.79 Å². The Morgan fingerprint density at radius 1 is 1.26 bits per heavy atom. The van der Waals surface area contributed by atoms with Crippen molar-refractivity contribution in [2.75, 3.05) is 31.9 Å². The zero-order chi connectivity index (χ0) is 13.9. The molecule has 1 aliphatic carbocycles. The van der Waals surface area contributed by atoms with Gasteiger partial charge in [0, 0.05) is 32.6 Å². The van der Waals surface area contributed by atoms with Crippen molar-refractivity contribution in [1.29, 1.82) is 0 Å². The average molecular weight is 286 g/mol. The molecule has 108 valence electrons. The highest BCUT2D eigenvalue weighted by molar-refractivity contribution is 7.89. The lowest BCUT2D eigenvalue weighted by Crippen LogP contribution is -2.50. The average Bonchev–Trinajstić information content (AvgIpc) is 2.91. The van der Waals surface area contributed by atoms with Crippen molar-refractivity contribution in [1.82, 2.24) is 9.21 Å². The molecule has 0 atom stereocenters. The molecule has 0 saturated carbocycles. The van der Waals surface area contributed by atoms with Crippen LogP contribution in [0.25, 0.3) is 0 Å². The molecule has 0 unspecified atom stereocenters. The van der Waals surface area contributed by atoms with Gasteiger partial charge in [-0.05, 0) is 26.2 Å². The number of allylic oxidation sites excluding steroid dienone is 1. The fraction of sp³-hybridized carbons (Fsp3) is 0.769. The first-order valence-corrected chi connectivity index (χ1v) is 8.57. The molecule has 1 heterocycles. The van der Waals surface area contributed by atoms with Crippen molar-refractivity contribution in [3.8, 4) is 0 Å². The van der Waals surface area contributed by atoms with Crippen LogP contribution in [0.5, 0.6) is 0 Å². The molecule has 0 aromatic carbocycles. The van der Waals surface area contributed by atoms with Gasteiger partial charge in [0.2, 0.25) is 15.9 Å². The van der Waals surface area contributed by atoms with Gasteiger partial charge in [0.05, 0.1) is 5.75 Å². The molecular weight excluding hydrogens is 264 g/mol. The maximum absolute atomic E-state index is 12.1. The van der Waals surface area contributed by atoms with Gasteiger partial charge >= 0.3 is 0 Å². The smallest absolute Gasteiger partial charge is 0.226 e. The number of nitrogens with zero attached hydrogens (tertiary/aromatic N) is 2. The maximum atomic E-state index is 12.1. The minimum atomic E-state index is -3.11. The lowest BCUT2D eigenvalue weighted by Gasteiger charge is -2.34. The summed E-state index contributed by atoms with van der Waals surface area (Å²) >= 11 is 0. The van der Waals surface area contributed by atoms with E-state index in [0.717, 1.165) is 19.3 Å². The highest BCUT2D eigenvalue weighted by atomic mass is 32.2. The molecule has 0 spiro atoms. The van der Waals surface area contributed by atoms with E-state index < -0.39 is 10.0 Å². The van der Waals surface area contributed by atoms with Crippen molar-refractivity contribution in [3.63, 3.8) is 0 Å². The number of amides is 1. The van der Waals surface area contributed by atoms with E-state index >= 15 is 0 Å². The summed E-state index contributed by atoms with van der Waals surface area (Å²) < 4.78 is 24.9. The van der Waals surface area contributed by atoms with Gasteiger partial charge in [0.25, 0.3) is 0 Å². The summed E-state index contributed by atoms with van der Waals surface area (Å²) in [6, 6.07) is 0. The first kappa shape index (κ1) is 14.5. The Morgan fingerprint density at radius 3 is 2.47 bits per heavy atom. The molecule has 1 amide bonds. The predicted molar refractivity (Wildman–Crippen MR) is 74.2 cm³/mol. The number of piperazine rings is 1. The number of carbonyl (C=O) groups excluding carboxylic acids is 1. The van der Waals surface area contributed by atoms with Crippen LogP contribution in [-0.2, 0) is 14.8 Å². The number of hydrogen-bond donors (Lipinski definition) is 0. The van der Waals surface area contributed by atoms with Crippen LogP contribution in [0.3, 0.4) is 0 Å². The third kappa shape index (κ3) is 3.57. The summed E-state index contributed by atoms with van der Waals surface area (Å²) in [7, 11) is -3.11. The second-order valence-electron chi connectivity index (χ2n) is 5.11. The first-order chi connectivity index (χ1) is 9.03. The largest absolute Gasteiger partial charge is 0.340 e. The van der Waals surface area contributed by atoms with Crippen LogP contribution >= 0.6 is 0 Å². The first-order valence-electron chi connectivity index (χ1n) is 6.96. The van der Waals surface area contributed by atoms with E-state index in [1.165, 1.54) is 9.88 Å². The third-order valence-corrected chi connectivity index (χ3v) is 5.74. The molecule has 2 rings (SSSR count). The maximum Gasteiger partial charge on any atom is 0.226 e. The fourth-order valence-corrected chi connectivity index (χ4v) is 3.69. The van der Waals surface area contributed by atoms with E-state index in [1.807, 2.05) is 0 Å². The zero-order valence-electron chi connectivity index (χ0n) is 11.5. The molecule has 5 nitrogen and oxygen atoms in total. The van der Waals surface area contributed by atoms with Crippen LogP contribution in [0.4, 0.5) is 0 Å². The summed E-state index contributed by atoms with van der Waals surface area (Å²) in [5, 5.41) is 0. The minimum absolute atomic E-state index is 0.133. The molecule has 0 aromatic rings. The van der Waals surface area contributed by atoms with Crippen LogP contribution in [0.1, 0.15) is 32.6 Å². The van der Waals surface area contributed by atoms with E-state index in [2.05, 4.69) is 6.08 Å². The molecule has 1 aliphatic heterocycles. The molecular formula is C13H22N2O3S. The Balaban J connectivity index is 1.84. The Hall–Kier alpha value is -0.880. The highest BCUT2D eigenvalue weighted by Gasteiger charge is 2.27. The molecule has 2 aliphatic rings. The Morgan fingerprint density at radius 2 is 1.95 bits per heavy atom. The molecule has 0 aromatic heterocycles. The van der Waals surface area contributed by atoms with Gasteiger partial charge in [0.15, 0.2) is 0 Å². The third-order valence-electron chi connectivity index (χ3n) is 3.86. The number of sulfonamides is 1. The van der Waals surface area contributed by atoms with Crippen molar-refractivity contribution in [2.45, 2.75) is 32.6 Å². The molecule has 1 saturated heterocycles. The molecule has 0 bridgehead atoms. The molecule has 0 N–H and O–H groups in total. The van der Waals surface area contributed by atoms with E-state index in [0.29, 0.717) is 32.6 Å². The molecule has 1 fully saturated rings. The lowest BCUT2D eigenvalue weighted by atomic mass is 10.1. The van der Waals surface area contributed by atoms with Crippen molar-refractivity contribution in [2.24, 2.45) is 0 Å². The number of carbonyl (C=O) groups is 1. The molecule has 0 radical (unpaired) electrons. The van der Waals surface area contributed by atoms with Crippen LogP contribution < -0.4 is 0 Å². The Bertz CT molecular complexity index is 462. The van der Waals surface area contributed by atoms with Crippen LogP contribution in [0.2, 0.25) is 0 Å². The minimum Gasteiger partial charge on any atom is -0.340 e. The molecule has 6 heteroatoms. The standard InChI is InChI=1S/C13H22N2O3S/c1-2-19(17,18)15-9-7-14(8-10-15)13(16)11-12-5-3-4-6-12/h5H,2-4,6-11H2,1H3. The van der Waals surface area contributed by atoms with Crippen molar-refractivity contribution >= 4 is 15.9 Å². The second kappa shape index (κ2) is 6.05. The lowest BCUT2D eigenvalue weighted by molar-refractivity contribution is -0.131. The van der Waals surface area contributed by atoms with E-state index in [1.54, 1.807) is 11.8 Å². The van der Waals surface area contributed by atoms with Gasteiger partial charge in [-0.15, -0.1) is 0 Å². The molecule has 19 heavy (non-hydrogen) atoms. The Labute approximate surface area is 115 Å². The van der Waals surface area contributed by atoms with E-state index in [-0.39, 0.29) is 11.7 Å². The van der Waals surface area contributed by atoms with Crippen LogP contribution in [-0.4, -0.2) is 55.5 Å². The zero-order valence-corrected chi connectivity index (χ0v) is 12.3. The second-order valence-corrected chi connectivity index (χ2v) is 7.37. The fourth-order valence-electron chi connectivity index (χ4n) is 2.60. The Kier molecular flexibility index (Phi) is 4.62. The monoisotopic (exact) mass is 286 g/mol. The van der Waals surface area contributed by atoms with Gasteiger partial charge in [-0.25, -0.2) is 8.42 Å². The topological polar surface area (TPSA) is 57.7 Å². The van der Waals surface area contributed by atoms with Crippen molar-refractivity contribution < 1.29 is 13.2 Å². The summed E-state index contributed by atoms with van der Waals surface area (Å²) in [5.41, 5.74) is 1.24. The number of hydrogen-bond acceptors (Lipinski definition) is 3. The van der Waals surface area contributed by atoms with Gasteiger partial charge in [0.1, 0.15) is 0 Å². The van der Waals surface area contributed by atoms with Crippen molar-refractivity contribution in [3.05, 3.63) is 11.6 Å². The SMILES string of the molecule is CCS(=O)(=O)N1CCN(C(=O)CC2=CCCC2)CC1. The van der Waals surface area contributed by atoms with Gasteiger partial charge in [-0.1, -0.05) is 11.6 Å². The predicted octanol–water partition coefficient (Wildman–Crippen LogP) is 0.981. The number of rotatable bonds is 4. The van der Waals surface area contributed by atoms with Crippen LogP contribution in [0.15, 0.2) is 11.6 Å². The highest BCUT2D eigenvalue weighted by Crippen LogP contribution is 2.21. The normalized spacial score (nSPS) is 21.5. The van der Waals surface area contributed by atoms with Gasteiger partial charge in [-0.2, -0.15) is 4.31 Å². The summed E-state index contributed by atoms with van der Waals surface area (Å²) in [6.45, 7) is 3.55. The summed E-state index contributed by atoms with van der Waals surface area (Å²) in [6.07, 6.45) is 5.96. The van der Waals surface area contributed by atoms with E-state index in [9.17, 15) is 13.2 Å². The summed E-state index contributed by atoms with van der Waals surface area (Å²) in [5.74, 6) is 0.273. The summed E-state index contributed by atoms with van der Waals surface area (Å²) in [4.78, 5) is 13.9. The van der Waals surface area contributed by atoms with Crippen LogP contribution in [0, 0.1) is 0 Å². The quantitative estimate of drug-likeness (QED) is 0.724. The van der Waals surface area contributed by atoms with Gasteiger partial charge < -0.3 is 4.90 Å².